The number of thiazole rings is 1. The molecule has 0 aliphatic carbocycles. The van der Waals surface area contributed by atoms with Gasteiger partial charge in [0.25, 0.3) is 5.91 Å². The van der Waals surface area contributed by atoms with E-state index in [0.29, 0.717) is 35.8 Å². The van der Waals surface area contributed by atoms with Crippen molar-refractivity contribution in [3.8, 4) is 0 Å². The van der Waals surface area contributed by atoms with Gasteiger partial charge in [-0.05, 0) is 89.0 Å². The highest BCUT2D eigenvalue weighted by Crippen LogP contribution is 2.32. The number of rotatable bonds is 25. The van der Waals surface area contributed by atoms with Crippen LogP contribution < -0.4 is 21.3 Å². The first-order valence-electron chi connectivity index (χ1n) is 21.5. The molecule has 1 aliphatic heterocycles. The van der Waals surface area contributed by atoms with Crippen LogP contribution in [-0.4, -0.2) is 89.6 Å². The number of hydrogen-bond acceptors (Lipinski definition) is 9. The number of nitrogens with one attached hydrogen (secondary N) is 4. The Morgan fingerprint density at radius 1 is 1.09 bits per heavy atom. The number of ether oxygens (including phenoxy) is 1. The summed E-state index contributed by atoms with van der Waals surface area (Å²) < 4.78 is 21.0. The number of carboxylic acid groups (broad SMARTS) is 1. The van der Waals surface area contributed by atoms with Crippen molar-refractivity contribution in [2.24, 2.45) is 17.3 Å². The highest BCUT2D eigenvalue weighted by atomic mass is 32.1. The van der Waals surface area contributed by atoms with Crippen LogP contribution in [0.15, 0.2) is 23.6 Å². The molecule has 2 aromatic rings. The Morgan fingerprint density at radius 3 is 2.41 bits per heavy atom. The van der Waals surface area contributed by atoms with Crippen molar-refractivity contribution < 1.29 is 33.4 Å². The standard InChI is InChI=1S/C44H71FN6O6S/c1-10-13-14-17-22-51(42(54)38(29(6)11-2)50-39(52)34-18-15-16-21-47-34)36(28(4)5)25-37(57-12-3)41-49-35(27-58-41)40(53)48-31(26-44(7,8)43(55)56)23-30-19-20-33(46-9)32(45)24-30/h19-20,24,27-29,31,34,36-38,46-47H,10-18,21-23,25-26H2,1-9H3,(H,48,53)(H,50,52)(H,55,56)/t29-,31-,34+,36+,37+,38-/m0/s1. The van der Waals surface area contributed by atoms with E-state index < -0.39 is 41.3 Å². The monoisotopic (exact) mass is 831 g/mol. The quantitative estimate of drug-likeness (QED) is 0.0631. The molecule has 1 aliphatic rings. The number of carbonyl (C=O) groups is 4. The lowest BCUT2D eigenvalue weighted by atomic mass is 9.84. The van der Waals surface area contributed by atoms with E-state index in [1.807, 2.05) is 25.7 Å². The van der Waals surface area contributed by atoms with Gasteiger partial charge in [-0.25, -0.2) is 9.37 Å². The number of hydrogen-bond donors (Lipinski definition) is 5. The molecule has 12 nitrogen and oxygen atoms in total. The Labute approximate surface area is 350 Å². The van der Waals surface area contributed by atoms with Gasteiger partial charge in [-0.3, -0.25) is 19.2 Å². The normalized spacial score (nSPS) is 17.2. The Hall–Kier alpha value is -3.62. The second-order valence-corrected chi connectivity index (χ2v) is 17.8. The van der Waals surface area contributed by atoms with Crippen LogP contribution in [0.4, 0.5) is 10.1 Å². The maximum Gasteiger partial charge on any atom is 0.309 e. The maximum absolute atomic E-state index is 14.8. The molecule has 2 heterocycles. The third kappa shape index (κ3) is 14.3. The number of unbranched alkanes of at least 4 members (excludes halogenated alkanes) is 3. The van der Waals surface area contributed by atoms with Gasteiger partial charge < -0.3 is 36.0 Å². The van der Waals surface area contributed by atoms with Crippen LogP contribution >= 0.6 is 11.3 Å². The molecule has 58 heavy (non-hydrogen) atoms. The Kier molecular flexibility index (Phi) is 20.0. The molecule has 3 rings (SSSR count). The van der Waals surface area contributed by atoms with Gasteiger partial charge in [0.15, 0.2) is 0 Å². The van der Waals surface area contributed by atoms with E-state index in [2.05, 4.69) is 42.0 Å². The van der Waals surface area contributed by atoms with Crippen molar-refractivity contribution in [3.63, 3.8) is 0 Å². The average molecular weight is 831 g/mol. The van der Waals surface area contributed by atoms with Gasteiger partial charge in [0.2, 0.25) is 11.8 Å². The van der Waals surface area contributed by atoms with Crippen molar-refractivity contribution in [1.29, 1.82) is 0 Å². The van der Waals surface area contributed by atoms with Crippen molar-refractivity contribution >= 4 is 40.7 Å². The molecule has 326 valence electrons. The highest BCUT2D eigenvalue weighted by Gasteiger charge is 2.38. The van der Waals surface area contributed by atoms with Gasteiger partial charge in [-0.1, -0.05) is 72.8 Å². The molecule has 0 spiro atoms. The van der Waals surface area contributed by atoms with E-state index in [9.17, 15) is 28.7 Å². The molecule has 14 heteroatoms. The lowest BCUT2D eigenvalue weighted by molar-refractivity contribution is -0.147. The summed E-state index contributed by atoms with van der Waals surface area (Å²) in [5.74, 6) is -2.16. The second kappa shape index (κ2) is 23.8. The van der Waals surface area contributed by atoms with E-state index in [-0.39, 0.29) is 54.3 Å². The number of carbonyl (C=O) groups excluding carboxylic acids is 3. The summed E-state index contributed by atoms with van der Waals surface area (Å²) >= 11 is 1.30. The van der Waals surface area contributed by atoms with E-state index in [0.717, 1.165) is 57.9 Å². The summed E-state index contributed by atoms with van der Waals surface area (Å²) in [5, 5.41) is 24.4. The second-order valence-electron chi connectivity index (χ2n) is 16.9. The summed E-state index contributed by atoms with van der Waals surface area (Å²) in [5.41, 5.74) is -0.0343. The largest absolute Gasteiger partial charge is 0.481 e. The summed E-state index contributed by atoms with van der Waals surface area (Å²) in [4.78, 5) is 60.9. The lowest BCUT2D eigenvalue weighted by Crippen LogP contribution is -2.58. The van der Waals surface area contributed by atoms with Crippen LogP contribution in [-0.2, 0) is 25.5 Å². The van der Waals surface area contributed by atoms with Gasteiger partial charge in [-0.2, -0.15) is 0 Å². The molecule has 1 aromatic carbocycles. The van der Waals surface area contributed by atoms with Crippen LogP contribution in [0.2, 0.25) is 0 Å². The number of carboxylic acids is 1. The summed E-state index contributed by atoms with van der Waals surface area (Å²) in [7, 11) is 1.63. The smallest absolute Gasteiger partial charge is 0.309 e. The first kappa shape index (κ1) is 48.7. The zero-order valence-corrected chi connectivity index (χ0v) is 37.2. The Balaban J connectivity index is 1.91. The van der Waals surface area contributed by atoms with Crippen molar-refractivity contribution in [1.82, 2.24) is 25.8 Å². The van der Waals surface area contributed by atoms with E-state index >= 15 is 0 Å². The molecular weight excluding hydrogens is 760 g/mol. The number of amides is 3. The highest BCUT2D eigenvalue weighted by molar-refractivity contribution is 7.09. The zero-order chi connectivity index (χ0) is 43.0. The minimum atomic E-state index is -1.16. The predicted octanol–water partition coefficient (Wildman–Crippen LogP) is 7.74. The van der Waals surface area contributed by atoms with Crippen molar-refractivity contribution in [2.75, 3.05) is 32.1 Å². The summed E-state index contributed by atoms with van der Waals surface area (Å²) in [6, 6.07) is 2.90. The van der Waals surface area contributed by atoms with Crippen LogP contribution in [0.1, 0.15) is 147 Å². The molecule has 5 N–H and O–H groups in total. The first-order chi connectivity index (χ1) is 27.6. The van der Waals surface area contributed by atoms with Crippen LogP contribution in [0.5, 0.6) is 0 Å². The fourth-order valence-corrected chi connectivity index (χ4v) is 8.47. The Bertz CT molecular complexity index is 1610. The van der Waals surface area contributed by atoms with Gasteiger partial charge in [0.1, 0.15) is 28.7 Å². The molecule has 0 saturated carbocycles. The number of aromatic nitrogens is 1. The number of benzene rings is 1. The number of piperidine rings is 1. The molecule has 3 amide bonds. The summed E-state index contributed by atoms with van der Waals surface area (Å²) in [6.45, 7) is 17.2. The molecule has 1 fully saturated rings. The maximum atomic E-state index is 14.8. The van der Waals surface area contributed by atoms with Crippen LogP contribution in [0.25, 0.3) is 0 Å². The molecule has 0 bridgehead atoms. The third-order valence-electron chi connectivity index (χ3n) is 11.4. The number of halogens is 1. The van der Waals surface area contributed by atoms with Crippen LogP contribution in [0.3, 0.4) is 0 Å². The minimum absolute atomic E-state index is 0.0412. The molecule has 1 saturated heterocycles. The summed E-state index contributed by atoms with van der Waals surface area (Å²) in [6.07, 6.45) is 7.67. The number of nitrogens with zero attached hydrogens (tertiary/aromatic N) is 2. The molecule has 1 aromatic heterocycles. The topological polar surface area (TPSA) is 162 Å². The lowest BCUT2D eigenvalue weighted by Gasteiger charge is -2.40. The van der Waals surface area contributed by atoms with Gasteiger partial charge >= 0.3 is 5.97 Å². The van der Waals surface area contributed by atoms with Gasteiger partial charge in [-0.15, -0.1) is 11.3 Å². The third-order valence-corrected chi connectivity index (χ3v) is 12.4. The number of aliphatic carboxylic acids is 1. The molecule has 6 atom stereocenters. The molecule has 0 radical (unpaired) electrons. The Morgan fingerprint density at radius 2 is 1.83 bits per heavy atom. The van der Waals surface area contributed by atoms with Gasteiger partial charge in [0.05, 0.1) is 17.1 Å². The minimum Gasteiger partial charge on any atom is -0.481 e. The van der Waals surface area contributed by atoms with Crippen molar-refractivity contribution in [2.45, 2.75) is 156 Å². The SMILES string of the molecule is CCCCCCN(C(=O)[C@@H](NC(=O)[C@H]1CCCCN1)[C@@H](C)CC)[C@H](C[C@@H](OCC)c1nc(C(=O)N[C@@H](Cc2ccc(NC)c(F)c2)CC(C)(C)C(=O)O)cs1)C(C)C. The van der Waals surface area contributed by atoms with Crippen LogP contribution in [0, 0.1) is 23.1 Å². The fourth-order valence-electron chi connectivity index (χ4n) is 7.61. The molecule has 0 unspecified atom stereocenters. The van der Waals surface area contributed by atoms with E-state index in [1.54, 1.807) is 38.4 Å². The van der Waals surface area contributed by atoms with Gasteiger partial charge in [0, 0.05) is 44.1 Å². The fraction of sp³-hybridized carbons (Fsp3) is 0.705. The van der Waals surface area contributed by atoms with E-state index in [4.69, 9.17) is 9.72 Å². The predicted molar refractivity (Wildman–Crippen MR) is 230 cm³/mol. The number of anilines is 1. The molecular formula is C44H71FN6O6S. The first-order valence-corrected chi connectivity index (χ1v) is 22.4. The van der Waals surface area contributed by atoms with Crippen molar-refractivity contribution in [3.05, 3.63) is 45.7 Å². The van der Waals surface area contributed by atoms with E-state index in [1.165, 1.54) is 17.4 Å². The average Bonchev–Trinajstić information content (AvgIpc) is 3.69. The zero-order valence-electron chi connectivity index (χ0n) is 36.4.